The molecule has 0 aliphatic rings. The number of pyridine rings is 1. The van der Waals surface area contributed by atoms with E-state index in [1.165, 1.54) is 18.3 Å². The van der Waals surface area contributed by atoms with Crippen LogP contribution in [-0.4, -0.2) is 16.0 Å². The highest BCUT2D eigenvalue weighted by molar-refractivity contribution is 6.04. The lowest BCUT2D eigenvalue weighted by molar-refractivity contribution is 0.102. The Labute approximate surface area is 103 Å². The Balaban J connectivity index is 2.25. The number of halogens is 1. The van der Waals surface area contributed by atoms with Crippen molar-refractivity contribution in [3.05, 3.63) is 53.6 Å². The second-order valence-electron chi connectivity index (χ2n) is 3.81. The summed E-state index contributed by atoms with van der Waals surface area (Å²) >= 11 is 0. The SMILES string of the molecule is Cc1cnccc1NC(=O)c1ccc(O)cc1F. The number of nitrogens with one attached hydrogen (secondary N) is 1. The quantitative estimate of drug-likeness (QED) is 0.855. The summed E-state index contributed by atoms with van der Waals surface area (Å²) in [7, 11) is 0. The van der Waals surface area contributed by atoms with Gasteiger partial charge in [0.1, 0.15) is 11.6 Å². The van der Waals surface area contributed by atoms with Crippen LogP contribution >= 0.6 is 0 Å². The second kappa shape index (κ2) is 4.83. The van der Waals surface area contributed by atoms with Crippen molar-refractivity contribution < 1.29 is 14.3 Å². The molecule has 5 heteroatoms. The Kier molecular flexibility index (Phi) is 3.23. The van der Waals surface area contributed by atoms with Gasteiger partial charge in [-0.1, -0.05) is 0 Å². The minimum absolute atomic E-state index is 0.121. The summed E-state index contributed by atoms with van der Waals surface area (Å²) in [6.07, 6.45) is 3.14. The van der Waals surface area contributed by atoms with Crippen LogP contribution in [0.25, 0.3) is 0 Å². The van der Waals surface area contributed by atoms with E-state index in [-0.39, 0.29) is 11.3 Å². The summed E-state index contributed by atoms with van der Waals surface area (Å²) in [5, 5.41) is 11.7. The first-order valence-electron chi connectivity index (χ1n) is 5.28. The van der Waals surface area contributed by atoms with Gasteiger partial charge in [-0.25, -0.2) is 4.39 Å². The van der Waals surface area contributed by atoms with E-state index in [0.29, 0.717) is 5.69 Å². The molecule has 4 nitrogen and oxygen atoms in total. The molecule has 0 unspecified atom stereocenters. The van der Waals surface area contributed by atoms with Crippen molar-refractivity contribution in [2.24, 2.45) is 0 Å². The second-order valence-corrected chi connectivity index (χ2v) is 3.81. The average Bonchev–Trinajstić information content (AvgIpc) is 2.32. The van der Waals surface area contributed by atoms with E-state index in [1.54, 1.807) is 19.2 Å². The zero-order chi connectivity index (χ0) is 13.1. The largest absolute Gasteiger partial charge is 0.508 e. The van der Waals surface area contributed by atoms with E-state index in [1.807, 2.05) is 0 Å². The monoisotopic (exact) mass is 246 g/mol. The summed E-state index contributed by atoms with van der Waals surface area (Å²) in [5.74, 6) is -1.55. The van der Waals surface area contributed by atoms with Crippen LogP contribution < -0.4 is 5.32 Å². The number of rotatable bonds is 2. The van der Waals surface area contributed by atoms with Gasteiger partial charge in [-0.05, 0) is 30.7 Å². The molecule has 1 aromatic heterocycles. The van der Waals surface area contributed by atoms with Gasteiger partial charge in [0, 0.05) is 24.1 Å². The molecular formula is C13H11FN2O2. The number of phenolic OH excluding ortho intramolecular Hbond substituents is 1. The van der Waals surface area contributed by atoms with Gasteiger partial charge in [-0.3, -0.25) is 9.78 Å². The number of carbonyl (C=O) groups excluding carboxylic acids is 1. The molecule has 18 heavy (non-hydrogen) atoms. The molecule has 0 spiro atoms. The molecule has 0 aliphatic heterocycles. The Morgan fingerprint density at radius 3 is 2.83 bits per heavy atom. The molecule has 1 heterocycles. The molecule has 0 fully saturated rings. The maximum atomic E-state index is 13.5. The number of aromatic hydroxyl groups is 1. The number of carbonyl (C=O) groups is 1. The van der Waals surface area contributed by atoms with Crippen molar-refractivity contribution in [1.82, 2.24) is 4.98 Å². The van der Waals surface area contributed by atoms with E-state index in [4.69, 9.17) is 5.11 Å². The van der Waals surface area contributed by atoms with Crippen LogP contribution in [0.2, 0.25) is 0 Å². The fourth-order valence-electron chi connectivity index (χ4n) is 1.49. The normalized spacial score (nSPS) is 10.1. The Bertz CT molecular complexity index is 599. The molecule has 0 aliphatic carbocycles. The number of phenols is 1. The molecule has 92 valence electrons. The van der Waals surface area contributed by atoms with E-state index in [2.05, 4.69) is 10.3 Å². The molecule has 1 aromatic carbocycles. The summed E-state index contributed by atoms with van der Waals surface area (Å²) in [4.78, 5) is 15.7. The van der Waals surface area contributed by atoms with Crippen LogP contribution in [0.5, 0.6) is 5.75 Å². The average molecular weight is 246 g/mol. The zero-order valence-electron chi connectivity index (χ0n) is 9.64. The van der Waals surface area contributed by atoms with Gasteiger partial charge in [0.05, 0.1) is 5.56 Å². The van der Waals surface area contributed by atoms with Crippen LogP contribution in [-0.2, 0) is 0 Å². The van der Waals surface area contributed by atoms with E-state index >= 15 is 0 Å². The number of aromatic nitrogens is 1. The fraction of sp³-hybridized carbons (Fsp3) is 0.0769. The van der Waals surface area contributed by atoms with Gasteiger partial charge in [0.25, 0.3) is 5.91 Å². The third-order valence-corrected chi connectivity index (χ3v) is 2.47. The molecule has 0 saturated carbocycles. The first-order chi connectivity index (χ1) is 8.58. The molecule has 0 saturated heterocycles. The first kappa shape index (κ1) is 12.0. The summed E-state index contributed by atoms with van der Waals surface area (Å²) in [6.45, 7) is 1.79. The number of hydrogen-bond acceptors (Lipinski definition) is 3. The number of amides is 1. The molecular weight excluding hydrogens is 235 g/mol. The van der Waals surface area contributed by atoms with Gasteiger partial charge in [0.15, 0.2) is 0 Å². The Hall–Kier alpha value is -2.43. The third kappa shape index (κ3) is 2.45. The Morgan fingerprint density at radius 2 is 2.17 bits per heavy atom. The minimum atomic E-state index is -0.765. The van der Waals surface area contributed by atoms with Crippen LogP contribution in [0.4, 0.5) is 10.1 Å². The van der Waals surface area contributed by atoms with Gasteiger partial charge < -0.3 is 10.4 Å². The predicted octanol–water partition coefficient (Wildman–Crippen LogP) is 2.49. The standard InChI is InChI=1S/C13H11FN2O2/c1-8-7-15-5-4-12(8)16-13(18)10-3-2-9(17)6-11(10)14/h2-7,17H,1H3,(H,15,16,18). The molecule has 0 radical (unpaired) electrons. The van der Waals surface area contributed by atoms with Crippen molar-refractivity contribution in [1.29, 1.82) is 0 Å². The predicted molar refractivity (Wildman–Crippen MR) is 65.0 cm³/mol. The molecule has 1 amide bonds. The van der Waals surface area contributed by atoms with Gasteiger partial charge in [-0.15, -0.1) is 0 Å². The zero-order valence-corrected chi connectivity index (χ0v) is 9.64. The van der Waals surface area contributed by atoms with Crippen molar-refractivity contribution in [3.8, 4) is 5.75 Å². The van der Waals surface area contributed by atoms with Gasteiger partial charge in [-0.2, -0.15) is 0 Å². The van der Waals surface area contributed by atoms with E-state index < -0.39 is 11.7 Å². The topological polar surface area (TPSA) is 62.2 Å². The maximum Gasteiger partial charge on any atom is 0.258 e. The molecule has 2 rings (SSSR count). The van der Waals surface area contributed by atoms with Gasteiger partial charge >= 0.3 is 0 Å². The minimum Gasteiger partial charge on any atom is -0.508 e. The van der Waals surface area contributed by atoms with E-state index in [9.17, 15) is 9.18 Å². The first-order valence-corrected chi connectivity index (χ1v) is 5.28. The van der Waals surface area contributed by atoms with Crippen molar-refractivity contribution in [2.75, 3.05) is 5.32 Å². The van der Waals surface area contributed by atoms with E-state index in [0.717, 1.165) is 11.6 Å². The van der Waals surface area contributed by atoms with Crippen LogP contribution in [0, 0.1) is 12.7 Å². The highest BCUT2D eigenvalue weighted by atomic mass is 19.1. The van der Waals surface area contributed by atoms with Crippen LogP contribution in [0.3, 0.4) is 0 Å². The van der Waals surface area contributed by atoms with Crippen molar-refractivity contribution in [3.63, 3.8) is 0 Å². The number of nitrogens with zero attached hydrogens (tertiary/aromatic N) is 1. The Morgan fingerprint density at radius 1 is 1.39 bits per heavy atom. The van der Waals surface area contributed by atoms with Crippen LogP contribution in [0.1, 0.15) is 15.9 Å². The smallest absolute Gasteiger partial charge is 0.258 e. The number of hydrogen-bond donors (Lipinski definition) is 2. The molecule has 0 atom stereocenters. The van der Waals surface area contributed by atoms with Crippen LogP contribution in [0.15, 0.2) is 36.7 Å². The maximum absolute atomic E-state index is 13.5. The number of aryl methyl sites for hydroxylation is 1. The molecule has 2 N–H and O–H groups in total. The number of anilines is 1. The number of benzene rings is 1. The highest BCUT2D eigenvalue weighted by Gasteiger charge is 2.13. The summed E-state index contributed by atoms with van der Waals surface area (Å²) in [6, 6.07) is 5.02. The molecule has 0 bridgehead atoms. The highest BCUT2D eigenvalue weighted by Crippen LogP contribution is 2.18. The summed E-state index contributed by atoms with van der Waals surface area (Å²) in [5.41, 5.74) is 1.23. The fourth-order valence-corrected chi connectivity index (χ4v) is 1.49. The van der Waals surface area contributed by atoms with Crippen molar-refractivity contribution >= 4 is 11.6 Å². The lowest BCUT2D eigenvalue weighted by Crippen LogP contribution is -2.14. The van der Waals surface area contributed by atoms with Gasteiger partial charge in [0.2, 0.25) is 0 Å². The van der Waals surface area contributed by atoms with Crippen molar-refractivity contribution in [2.45, 2.75) is 6.92 Å². The third-order valence-electron chi connectivity index (χ3n) is 2.47. The molecule has 2 aromatic rings. The lowest BCUT2D eigenvalue weighted by atomic mass is 10.1. The lowest BCUT2D eigenvalue weighted by Gasteiger charge is -2.08. The summed E-state index contributed by atoms with van der Waals surface area (Å²) < 4.78 is 13.5.